The van der Waals surface area contributed by atoms with E-state index in [0.717, 1.165) is 24.1 Å². The number of anilines is 2. The molecule has 2 aromatic carbocycles. The summed E-state index contributed by atoms with van der Waals surface area (Å²) in [6.45, 7) is 0. The molecule has 1 aliphatic carbocycles. The summed E-state index contributed by atoms with van der Waals surface area (Å²) in [6, 6.07) is 12.5. The minimum Gasteiger partial charge on any atom is -0.308 e. The number of aromatic nitrogens is 2. The smallest absolute Gasteiger partial charge is 0.308 e. The topological polar surface area (TPSA) is 69.8 Å². The van der Waals surface area contributed by atoms with Gasteiger partial charge in [0.2, 0.25) is 0 Å². The van der Waals surface area contributed by atoms with Crippen LogP contribution in [0.2, 0.25) is 5.02 Å². The van der Waals surface area contributed by atoms with Crippen molar-refractivity contribution in [3.05, 3.63) is 65.1 Å². The summed E-state index contributed by atoms with van der Waals surface area (Å²) in [5.74, 6) is 0.0245. The van der Waals surface area contributed by atoms with E-state index in [1.807, 2.05) is 12.1 Å². The lowest BCUT2D eigenvalue weighted by Crippen LogP contribution is -2.20. The van der Waals surface area contributed by atoms with Crippen LogP contribution in [0.25, 0.3) is 11.3 Å². The maximum absolute atomic E-state index is 13.0. The van der Waals surface area contributed by atoms with Gasteiger partial charge in [0.1, 0.15) is 11.5 Å². The van der Waals surface area contributed by atoms with Crippen LogP contribution in [0.1, 0.15) is 24.5 Å². The quantitative estimate of drug-likeness (QED) is 0.576. The largest absolute Gasteiger partial charge is 0.323 e. The van der Waals surface area contributed by atoms with E-state index in [4.69, 9.17) is 11.6 Å². The van der Waals surface area contributed by atoms with E-state index < -0.39 is 6.03 Å². The van der Waals surface area contributed by atoms with Crippen LogP contribution in [0.3, 0.4) is 0 Å². The van der Waals surface area contributed by atoms with Crippen LogP contribution in [0, 0.1) is 5.82 Å². The average Bonchev–Trinajstić information content (AvgIpc) is 3.39. The second kappa shape index (κ2) is 6.80. The molecule has 3 N–H and O–H groups in total. The summed E-state index contributed by atoms with van der Waals surface area (Å²) in [6.07, 6.45) is 2.13. The number of hydrogen-bond acceptors (Lipinski definition) is 2. The number of halogens is 2. The van der Waals surface area contributed by atoms with Crippen LogP contribution in [0.15, 0.2) is 48.5 Å². The zero-order chi connectivity index (χ0) is 18.1. The number of carbonyl (C=O) groups is 1. The van der Waals surface area contributed by atoms with E-state index in [0.29, 0.717) is 28.0 Å². The van der Waals surface area contributed by atoms with Crippen LogP contribution in [-0.4, -0.2) is 16.2 Å². The van der Waals surface area contributed by atoms with Crippen molar-refractivity contribution < 1.29 is 9.18 Å². The predicted molar refractivity (Wildman–Crippen MR) is 100 cm³/mol. The van der Waals surface area contributed by atoms with E-state index >= 15 is 0 Å². The summed E-state index contributed by atoms with van der Waals surface area (Å²) in [5, 5.41) is 13.7. The van der Waals surface area contributed by atoms with E-state index in [-0.39, 0.29) is 5.82 Å². The van der Waals surface area contributed by atoms with Crippen molar-refractivity contribution in [2.45, 2.75) is 18.8 Å². The molecular formula is C19H16ClFN4O. The second-order valence-corrected chi connectivity index (χ2v) is 6.66. The third kappa shape index (κ3) is 3.55. The summed E-state index contributed by atoms with van der Waals surface area (Å²) in [4.78, 5) is 12.4. The van der Waals surface area contributed by atoms with Gasteiger partial charge in [-0.05, 0) is 49.2 Å². The van der Waals surface area contributed by atoms with Gasteiger partial charge in [0.25, 0.3) is 0 Å². The van der Waals surface area contributed by atoms with Gasteiger partial charge in [-0.25, -0.2) is 9.18 Å². The predicted octanol–water partition coefficient (Wildman–Crippen LogP) is 5.39. The Balaban J connectivity index is 1.59. The highest BCUT2D eigenvalue weighted by molar-refractivity contribution is 6.30. The Morgan fingerprint density at radius 3 is 2.42 bits per heavy atom. The number of nitrogens with zero attached hydrogens (tertiary/aromatic N) is 1. The van der Waals surface area contributed by atoms with E-state index in [1.165, 1.54) is 24.3 Å². The number of amides is 2. The van der Waals surface area contributed by atoms with Gasteiger partial charge in [-0.15, -0.1) is 0 Å². The number of hydrogen-bond donors (Lipinski definition) is 3. The SMILES string of the molecule is O=C(Nc1ccc(F)cc1)Nc1c(-c2ccc(Cl)cc2)n[nH]c1C1CC1. The molecule has 3 aromatic rings. The summed E-state index contributed by atoms with van der Waals surface area (Å²) >= 11 is 5.96. The minimum absolute atomic E-state index is 0.355. The molecule has 1 saturated carbocycles. The summed E-state index contributed by atoms with van der Waals surface area (Å²) in [7, 11) is 0. The highest BCUT2D eigenvalue weighted by Gasteiger charge is 2.31. The lowest BCUT2D eigenvalue weighted by molar-refractivity contribution is 0.262. The molecule has 1 aromatic heterocycles. The van der Waals surface area contributed by atoms with E-state index in [1.54, 1.807) is 12.1 Å². The first kappa shape index (κ1) is 16.6. The van der Waals surface area contributed by atoms with Gasteiger partial charge in [-0.2, -0.15) is 5.10 Å². The van der Waals surface area contributed by atoms with Crippen LogP contribution in [-0.2, 0) is 0 Å². The Kier molecular flexibility index (Phi) is 4.34. The van der Waals surface area contributed by atoms with Crippen LogP contribution >= 0.6 is 11.6 Å². The highest BCUT2D eigenvalue weighted by atomic mass is 35.5. The van der Waals surface area contributed by atoms with Crippen molar-refractivity contribution in [2.75, 3.05) is 10.6 Å². The Morgan fingerprint density at radius 2 is 1.77 bits per heavy atom. The molecular weight excluding hydrogens is 355 g/mol. The zero-order valence-corrected chi connectivity index (χ0v) is 14.5. The Labute approximate surface area is 154 Å². The fraction of sp³-hybridized carbons (Fsp3) is 0.158. The van der Waals surface area contributed by atoms with Gasteiger partial charge >= 0.3 is 6.03 Å². The van der Waals surface area contributed by atoms with Gasteiger partial charge in [0.15, 0.2) is 0 Å². The molecule has 0 bridgehead atoms. The van der Waals surface area contributed by atoms with Crippen molar-refractivity contribution in [3.63, 3.8) is 0 Å². The Hall–Kier alpha value is -2.86. The molecule has 1 heterocycles. The molecule has 5 nitrogen and oxygen atoms in total. The molecule has 26 heavy (non-hydrogen) atoms. The van der Waals surface area contributed by atoms with Crippen LogP contribution in [0.4, 0.5) is 20.6 Å². The Morgan fingerprint density at radius 1 is 1.08 bits per heavy atom. The first-order valence-electron chi connectivity index (χ1n) is 8.28. The van der Waals surface area contributed by atoms with Crippen molar-refractivity contribution in [1.82, 2.24) is 10.2 Å². The normalized spacial score (nSPS) is 13.5. The first-order valence-corrected chi connectivity index (χ1v) is 8.66. The maximum Gasteiger partial charge on any atom is 0.323 e. The Bertz CT molecular complexity index is 933. The lowest BCUT2D eigenvalue weighted by atomic mass is 10.1. The number of rotatable bonds is 4. The molecule has 7 heteroatoms. The van der Waals surface area contributed by atoms with Gasteiger partial charge in [0, 0.05) is 22.2 Å². The van der Waals surface area contributed by atoms with Crippen molar-refractivity contribution in [3.8, 4) is 11.3 Å². The molecule has 0 radical (unpaired) electrons. The van der Waals surface area contributed by atoms with Gasteiger partial charge in [0.05, 0.1) is 11.4 Å². The van der Waals surface area contributed by atoms with Gasteiger partial charge in [-0.1, -0.05) is 23.7 Å². The van der Waals surface area contributed by atoms with Crippen LogP contribution < -0.4 is 10.6 Å². The van der Waals surface area contributed by atoms with Gasteiger partial charge < -0.3 is 10.6 Å². The molecule has 0 saturated heterocycles. The van der Waals surface area contributed by atoms with E-state index in [9.17, 15) is 9.18 Å². The molecule has 2 amide bonds. The van der Waals surface area contributed by atoms with Gasteiger partial charge in [-0.3, -0.25) is 5.10 Å². The van der Waals surface area contributed by atoms with E-state index in [2.05, 4.69) is 20.8 Å². The number of aromatic amines is 1. The standard InChI is InChI=1S/C19H16ClFN4O/c20-13-5-3-12(4-6-13)17-18(16(24-25-17)11-1-2-11)23-19(26)22-15-9-7-14(21)8-10-15/h3-11H,1-2H2,(H,24,25)(H2,22,23,26). The number of nitrogens with one attached hydrogen (secondary N) is 3. The molecule has 1 aliphatic rings. The molecule has 0 atom stereocenters. The third-order valence-electron chi connectivity index (χ3n) is 4.24. The van der Waals surface area contributed by atoms with Crippen LogP contribution in [0.5, 0.6) is 0 Å². The lowest BCUT2D eigenvalue weighted by Gasteiger charge is -2.10. The highest BCUT2D eigenvalue weighted by Crippen LogP contribution is 2.45. The van der Waals surface area contributed by atoms with Crippen molar-refractivity contribution in [1.29, 1.82) is 0 Å². The third-order valence-corrected chi connectivity index (χ3v) is 4.49. The first-order chi connectivity index (χ1) is 12.6. The molecule has 0 aliphatic heterocycles. The fourth-order valence-corrected chi connectivity index (χ4v) is 2.90. The second-order valence-electron chi connectivity index (χ2n) is 6.23. The van der Waals surface area contributed by atoms with Crippen molar-refractivity contribution >= 4 is 29.0 Å². The maximum atomic E-state index is 13.0. The molecule has 132 valence electrons. The molecule has 4 rings (SSSR count). The number of H-pyrrole nitrogens is 1. The molecule has 0 spiro atoms. The summed E-state index contributed by atoms with van der Waals surface area (Å²) in [5.41, 5.74) is 3.61. The minimum atomic E-state index is -0.407. The molecule has 0 unspecified atom stereocenters. The molecule has 1 fully saturated rings. The number of carbonyl (C=O) groups excluding carboxylic acids is 1. The number of urea groups is 1. The fourth-order valence-electron chi connectivity index (χ4n) is 2.78. The summed E-state index contributed by atoms with van der Waals surface area (Å²) < 4.78 is 13.0. The monoisotopic (exact) mass is 370 g/mol. The average molecular weight is 371 g/mol. The number of benzene rings is 2. The zero-order valence-electron chi connectivity index (χ0n) is 13.7. The van der Waals surface area contributed by atoms with Crippen molar-refractivity contribution in [2.24, 2.45) is 0 Å².